The van der Waals surface area contributed by atoms with Crippen LogP contribution in [0.4, 0.5) is 5.82 Å². The minimum atomic E-state index is 0.618. The number of nitrogens with zero attached hydrogens (tertiary/aromatic N) is 4. The van der Waals surface area contributed by atoms with Gasteiger partial charge in [-0.2, -0.15) is 5.10 Å². The van der Waals surface area contributed by atoms with Crippen molar-refractivity contribution in [2.24, 2.45) is 0 Å². The molecule has 3 heterocycles. The summed E-state index contributed by atoms with van der Waals surface area (Å²) in [6.45, 7) is 2.25. The second-order valence-corrected chi connectivity index (χ2v) is 5.95. The van der Waals surface area contributed by atoms with Crippen LogP contribution >= 0.6 is 0 Å². The van der Waals surface area contributed by atoms with Crippen LogP contribution in [-0.2, 0) is 0 Å². The van der Waals surface area contributed by atoms with Crippen molar-refractivity contribution in [1.82, 2.24) is 19.9 Å². The molecule has 1 aliphatic heterocycles. The molecule has 1 N–H and O–H groups in total. The van der Waals surface area contributed by atoms with Crippen LogP contribution in [0.5, 0.6) is 0 Å². The second-order valence-electron chi connectivity index (χ2n) is 5.95. The standard InChI is InChI=1S/C15H21N5/c1-2-8-16-12(3-1)11-19(13-4-5-13)14-7-10-20-15(18-14)6-9-17-20/h6-7,9-10,12-13,16H,1-5,8,11H2. The molecule has 4 rings (SSSR count). The molecule has 0 radical (unpaired) electrons. The van der Waals surface area contributed by atoms with E-state index in [1.165, 1.54) is 32.1 Å². The lowest BCUT2D eigenvalue weighted by atomic mass is 10.0. The number of anilines is 1. The summed E-state index contributed by atoms with van der Waals surface area (Å²) in [5.41, 5.74) is 0.935. The van der Waals surface area contributed by atoms with E-state index >= 15 is 0 Å². The summed E-state index contributed by atoms with van der Waals surface area (Å²) in [5.74, 6) is 1.10. The van der Waals surface area contributed by atoms with Gasteiger partial charge >= 0.3 is 0 Å². The van der Waals surface area contributed by atoms with Crippen molar-refractivity contribution in [3.8, 4) is 0 Å². The summed E-state index contributed by atoms with van der Waals surface area (Å²) in [6.07, 6.45) is 10.4. The van der Waals surface area contributed by atoms with Gasteiger partial charge < -0.3 is 10.2 Å². The number of piperidine rings is 1. The van der Waals surface area contributed by atoms with Crippen molar-refractivity contribution in [3.05, 3.63) is 24.5 Å². The van der Waals surface area contributed by atoms with E-state index in [9.17, 15) is 0 Å². The van der Waals surface area contributed by atoms with Crippen LogP contribution in [0.2, 0.25) is 0 Å². The Morgan fingerprint density at radius 2 is 2.20 bits per heavy atom. The molecule has 0 bridgehead atoms. The molecule has 1 atom stereocenters. The Morgan fingerprint density at radius 3 is 3.00 bits per heavy atom. The molecule has 2 aromatic rings. The summed E-state index contributed by atoms with van der Waals surface area (Å²) < 4.78 is 1.83. The molecule has 1 unspecified atom stereocenters. The van der Waals surface area contributed by atoms with E-state index in [0.717, 1.165) is 24.6 Å². The number of hydrogen-bond donors (Lipinski definition) is 1. The van der Waals surface area contributed by atoms with E-state index in [0.29, 0.717) is 12.1 Å². The summed E-state index contributed by atoms with van der Waals surface area (Å²) in [6, 6.07) is 5.37. The van der Waals surface area contributed by atoms with Gasteiger partial charge in [0.1, 0.15) is 5.82 Å². The summed E-state index contributed by atoms with van der Waals surface area (Å²) >= 11 is 0. The molecule has 2 fully saturated rings. The SMILES string of the molecule is c1cc2nc(N(CC3CCCCN3)C3CC3)ccn2n1. The third-order valence-corrected chi connectivity index (χ3v) is 4.35. The molecule has 0 aromatic carbocycles. The van der Waals surface area contributed by atoms with Crippen molar-refractivity contribution >= 4 is 11.5 Å². The van der Waals surface area contributed by atoms with Gasteiger partial charge in [0.25, 0.3) is 0 Å². The zero-order valence-electron chi connectivity index (χ0n) is 11.7. The molecule has 2 aliphatic rings. The highest BCUT2D eigenvalue weighted by atomic mass is 15.3. The molecule has 2 aromatic heterocycles. The van der Waals surface area contributed by atoms with Crippen molar-refractivity contribution in [3.63, 3.8) is 0 Å². The molecule has 1 aliphatic carbocycles. The van der Waals surface area contributed by atoms with Crippen molar-refractivity contribution in [2.45, 2.75) is 44.2 Å². The molecule has 20 heavy (non-hydrogen) atoms. The first-order chi connectivity index (χ1) is 9.90. The fourth-order valence-corrected chi connectivity index (χ4v) is 3.10. The third-order valence-electron chi connectivity index (χ3n) is 4.35. The fraction of sp³-hybridized carbons (Fsp3) is 0.600. The molecule has 0 amide bonds. The van der Waals surface area contributed by atoms with Crippen LogP contribution in [-0.4, -0.2) is 39.8 Å². The maximum absolute atomic E-state index is 4.76. The van der Waals surface area contributed by atoms with Crippen molar-refractivity contribution in [2.75, 3.05) is 18.0 Å². The van der Waals surface area contributed by atoms with Gasteiger partial charge in [0.15, 0.2) is 5.65 Å². The van der Waals surface area contributed by atoms with Gasteiger partial charge in [-0.15, -0.1) is 0 Å². The monoisotopic (exact) mass is 271 g/mol. The van der Waals surface area contributed by atoms with E-state index < -0.39 is 0 Å². The van der Waals surface area contributed by atoms with E-state index in [4.69, 9.17) is 4.98 Å². The normalized spacial score (nSPS) is 23.1. The Morgan fingerprint density at radius 1 is 1.25 bits per heavy atom. The number of nitrogens with one attached hydrogen (secondary N) is 1. The first-order valence-electron chi connectivity index (χ1n) is 7.70. The summed E-state index contributed by atoms with van der Waals surface area (Å²) in [5, 5.41) is 7.87. The fourth-order valence-electron chi connectivity index (χ4n) is 3.10. The van der Waals surface area contributed by atoms with E-state index in [1.54, 1.807) is 6.20 Å². The lowest BCUT2D eigenvalue weighted by Gasteiger charge is -2.31. The van der Waals surface area contributed by atoms with Crippen molar-refractivity contribution < 1.29 is 0 Å². The first-order valence-corrected chi connectivity index (χ1v) is 7.70. The highest BCUT2D eigenvalue weighted by molar-refractivity contribution is 5.49. The predicted molar refractivity (Wildman–Crippen MR) is 79.0 cm³/mol. The van der Waals surface area contributed by atoms with Crippen molar-refractivity contribution in [1.29, 1.82) is 0 Å². The highest BCUT2D eigenvalue weighted by Crippen LogP contribution is 2.31. The van der Waals surface area contributed by atoms with E-state index in [-0.39, 0.29) is 0 Å². The minimum Gasteiger partial charge on any atom is -0.352 e. The number of hydrogen-bond acceptors (Lipinski definition) is 4. The Bertz CT molecular complexity index is 583. The smallest absolute Gasteiger partial charge is 0.157 e. The van der Waals surface area contributed by atoms with Gasteiger partial charge in [0, 0.05) is 30.9 Å². The van der Waals surface area contributed by atoms with Gasteiger partial charge in [-0.05, 0) is 38.3 Å². The quantitative estimate of drug-likeness (QED) is 0.921. The largest absolute Gasteiger partial charge is 0.352 e. The Balaban J connectivity index is 1.57. The van der Waals surface area contributed by atoms with E-state index in [2.05, 4.69) is 21.4 Å². The third kappa shape index (κ3) is 2.38. The van der Waals surface area contributed by atoms with Gasteiger partial charge in [-0.25, -0.2) is 9.50 Å². The summed E-state index contributed by atoms with van der Waals surface area (Å²) in [7, 11) is 0. The predicted octanol–water partition coefficient (Wildman–Crippen LogP) is 1.84. The van der Waals surface area contributed by atoms with Crippen LogP contribution in [0.15, 0.2) is 24.5 Å². The van der Waals surface area contributed by atoms with Crippen LogP contribution < -0.4 is 10.2 Å². The Labute approximate surface area is 119 Å². The molecule has 0 spiro atoms. The molecule has 1 saturated carbocycles. The van der Waals surface area contributed by atoms with Gasteiger partial charge in [-0.1, -0.05) is 6.42 Å². The number of fused-ring (bicyclic) bond motifs is 1. The number of aromatic nitrogens is 3. The average Bonchev–Trinajstić information content (AvgIpc) is 3.22. The Hall–Kier alpha value is -1.62. The summed E-state index contributed by atoms with van der Waals surface area (Å²) in [4.78, 5) is 7.26. The second kappa shape index (κ2) is 5.05. The lowest BCUT2D eigenvalue weighted by Crippen LogP contribution is -2.44. The topological polar surface area (TPSA) is 45.5 Å². The van der Waals surface area contributed by atoms with Crippen LogP contribution in [0.1, 0.15) is 32.1 Å². The van der Waals surface area contributed by atoms with Crippen LogP contribution in [0.3, 0.4) is 0 Å². The van der Waals surface area contributed by atoms with Crippen LogP contribution in [0.25, 0.3) is 5.65 Å². The minimum absolute atomic E-state index is 0.618. The van der Waals surface area contributed by atoms with Gasteiger partial charge in [-0.3, -0.25) is 0 Å². The maximum Gasteiger partial charge on any atom is 0.157 e. The molecule has 5 heteroatoms. The van der Waals surface area contributed by atoms with Gasteiger partial charge in [0.2, 0.25) is 0 Å². The molecular weight excluding hydrogens is 250 g/mol. The van der Waals surface area contributed by atoms with E-state index in [1.807, 2.05) is 16.8 Å². The Kier molecular flexibility index (Phi) is 3.07. The zero-order valence-corrected chi connectivity index (χ0v) is 11.7. The molecular formula is C15H21N5. The number of rotatable bonds is 4. The molecule has 5 nitrogen and oxygen atoms in total. The lowest BCUT2D eigenvalue weighted by molar-refractivity contribution is 0.397. The molecule has 1 saturated heterocycles. The zero-order chi connectivity index (χ0) is 13.4. The average molecular weight is 271 g/mol. The molecule has 106 valence electrons. The highest BCUT2D eigenvalue weighted by Gasteiger charge is 2.32. The maximum atomic E-state index is 4.76. The first kappa shape index (κ1) is 12.1. The van der Waals surface area contributed by atoms with Gasteiger partial charge in [0.05, 0.1) is 6.20 Å². The van der Waals surface area contributed by atoms with Crippen LogP contribution in [0, 0.1) is 0 Å².